The Balaban J connectivity index is 1.65. The third kappa shape index (κ3) is 3.68. The lowest BCUT2D eigenvalue weighted by Crippen LogP contribution is -2.49. The highest BCUT2D eigenvalue weighted by molar-refractivity contribution is 7.88. The molecule has 1 aromatic carbocycles. The normalized spacial score (nSPS) is 16.7. The number of aromatic nitrogens is 1. The summed E-state index contributed by atoms with van der Waals surface area (Å²) in [5.41, 5.74) is 0.628. The summed E-state index contributed by atoms with van der Waals surface area (Å²) in [5, 5.41) is 4.45. The van der Waals surface area contributed by atoms with Gasteiger partial charge in [0, 0.05) is 37.3 Å². The van der Waals surface area contributed by atoms with Crippen LogP contribution in [-0.2, 0) is 15.8 Å². The number of hydrogen-bond donors (Lipinski definition) is 0. The predicted molar refractivity (Wildman–Crippen MR) is 89.1 cm³/mol. The lowest BCUT2D eigenvalue weighted by molar-refractivity contribution is 0.371. The van der Waals surface area contributed by atoms with Crippen LogP contribution in [0.4, 0.5) is 5.82 Å². The molecule has 3 rings (SSSR count). The van der Waals surface area contributed by atoms with Gasteiger partial charge < -0.3 is 9.42 Å². The molecule has 124 valence electrons. The van der Waals surface area contributed by atoms with Crippen molar-refractivity contribution in [1.29, 1.82) is 0 Å². The molecule has 0 saturated carbocycles. The first-order chi connectivity index (χ1) is 11.0. The van der Waals surface area contributed by atoms with Crippen molar-refractivity contribution in [3.63, 3.8) is 0 Å². The van der Waals surface area contributed by atoms with Gasteiger partial charge in [-0.1, -0.05) is 35.0 Å². The molecule has 0 atom stereocenters. The summed E-state index contributed by atoms with van der Waals surface area (Å²) in [6.45, 7) is 3.87. The van der Waals surface area contributed by atoms with E-state index in [-0.39, 0.29) is 5.75 Å². The average molecular weight is 356 g/mol. The summed E-state index contributed by atoms with van der Waals surface area (Å²) in [6.07, 6.45) is 0. The van der Waals surface area contributed by atoms with E-state index < -0.39 is 10.0 Å². The number of nitrogens with zero attached hydrogens (tertiary/aromatic N) is 3. The van der Waals surface area contributed by atoms with Crippen LogP contribution in [0.5, 0.6) is 0 Å². The smallest absolute Gasteiger partial charge is 0.218 e. The molecule has 1 aromatic heterocycles. The fourth-order valence-electron chi connectivity index (χ4n) is 2.60. The number of anilines is 1. The molecular formula is C15H18ClN3O3S. The second-order valence-corrected chi connectivity index (χ2v) is 7.91. The number of benzene rings is 1. The van der Waals surface area contributed by atoms with E-state index >= 15 is 0 Å². The summed E-state index contributed by atoms with van der Waals surface area (Å²) in [5.74, 6) is 1.43. The van der Waals surface area contributed by atoms with E-state index in [9.17, 15) is 8.42 Å². The van der Waals surface area contributed by atoms with Crippen LogP contribution in [0.15, 0.2) is 34.9 Å². The van der Waals surface area contributed by atoms with Gasteiger partial charge in [0.25, 0.3) is 0 Å². The lowest BCUT2D eigenvalue weighted by Gasteiger charge is -2.33. The van der Waals surface area contributed by atoms with E-state index in [1.165, 1.54) is 4.31 Å². The molecule has 0 spiro atoms. The molecule has 0 amide bonds. The summed E-state index contributed by atoms with van der Waals surface area (Å²) < 4.78 is 31.7. The molecule has 6 nitrogen and oxygen atoms in total. The van der Waals surface area contributed by atoms with Gasteiger partial charge in [0.05, 0.1) is 5.75 Å². The largest absolute Gasteiger partial charge is 0.360 e. The molecule has 1 aliphatic heterocycles. The second kappa shape index (κ2) is 6.51. The summed E-state index contributed by atoms with van der Waals surface area (Å²) in [4.78, 5) is 2.03. The van der Waals surface area contributed by atoms with Gasteiger partial charge >= 0.3 is 0 Å². The van der Waals surface area contributed by atoms with Crippen LogP contribution in [0.2, 0.25) is 5.02 Å². The molecule has 2 aromatic rings. The first-order valence-corrected chi connectivity index (χ1v) is 9.34. The standard InChI is InChI=1S/C15H18ClN3O3S/c1-12-10-15(17-22-12)18-6-8-19(9-7-18)23(20,21)11-13-4-2-3-5-14(13)16/h2-5,10H,6-9,11H2,1H3. The molecule has 8 heteroatoms. The Bertz CT molecular complexity index is 783. The van der Waals surface area contributed by atoms with Gasteiger partial charge in [0.15, 0.2) is 5.82 Å². The summed E-state index contributed by atoms with van der Waals surface area (Å²) >= 11 is 6.06. The number of piperazine rings is 1. The van der Waals surface area contributed by atoms with Crippen molar-refractivity contribution in [3.05, 3.63) is 46.7 Å². The minimum atomic E-state index is -3.38. The zero-order valence-corrected chi connectivity index (χ0v) is 14.3. The Hall–Kier alpha value is -1.57. The third-order valence-electron chi connectivity index (χ3n) is 3.87. The van der Waals surface area contributed by atoms with E-state index in [2.05, 4.69) is 5.16 Å². The molecule has 1 saturated heterocycles. The second-order valence-electron chi connectivity index (χ2n) is 5.53. The fraction of sp³-hybridized carbons (Fsp3) is 0.400. The van der Waals surface area contributed by atoms with Gasteiger partial charge in [-0.05, 0) is 18.6 Å². The number of hydrogen-bond acceptors (Lipinski definition) is 5. The van der Waals surface area contributed by atoms with Crippen LogP contribution in [0, 0.1) is 6.92 Å². The van der Waals surface area contributed by atoms with Crippen LogP contribution in [0.3, 0.4) is 0 Å². The van der Waals surface area contributed by atoms with E-state index in [4.69, 9.17) is 16.1 Å². The molecule has 0 aliphatic carbocycles. The summed E-state index contributed by atoms with van der Waals surface area (Å²) in [6, 6.07) is 8.89. The molecule has 0 N–H and O–H groups in total. The van der Waals surface area contributed by atoms with Crippen molar-refractivity contribution in [3.8, 4) is 0 Å². The molecular weight excluding hydrogens is 338 g/mol. The van der Waals surface area contributed by atoms with E-state index in [0.29, 0.717) is 36.8 Å². The van der Waals surface area contributed by atoms with Crippen molar-refractivity contribution < 1.29 is 12.9 Å². The van der Waals surface area contributed by atoms with Crippen molar-refractivity contribution >= 4 is 27.4 Å². The Labute approximate surface area is 140 Å². The van der Waals surface area contributed by atoms with Crippen molar-refractivity contribution in [1.82, 2.24) is 9.46 Å². The van der Waals surface area contributed by atoms with Gasteiger partial charge in [-0.25, -0.2) is 8.42 Å². The molecule has 23 heavy (non-hydrogen) atoms. The minimum absolute atomic E-state index is 0.0737. The first kappa shape index (κ1) is 16.3. The van der Waals surface area contributed by atoms with Crippen LogP contribution < -0.4 is 4.90 Å². The quantitative estimate of drug-likeness (QED) is 0.841. The molecule has 2 heterocycles. The molecule has 1 fully saturated rings. The summed E-state index contributed by atoms with van der Waals surface area (Å²) in [7, 11) is -3.38. The SMILES string of the molecule is Cc1cc(N2CCN(S(=O)(=O)Cc3ccccc3Cl)CC2)no1. The Morgan fingerprint density at radius 3 is 2.52 bits per heavy atom. The highest BCUT2D eigenvalue weighted by Gasteiger charge is 2.28. The fourth-order valence-corrected chi connectivity index (χ4v) is 4.43. The van der Waals surface area contributed by atoms with E-state index in [1.54, 1.807) is 24.3 Å². The third-order valence-corrected chi connectivity index (χ3v) is 6.06. The monoisotopic (exact) mass is 355 g/mol. The molecule has 0 unspecified atom stereocenters. The minimum Gasteiger partial charge on any atom is -0.360 e. The zero-order chi connectivity index (χ0) is 16.4. The highest BCUT2D eigenvalue weighted by atomic mass is 35.5. The van der Waals surface area contributed by atoms with Crippen molar-refractivity contribution in [2.45, 2.75) is 12.7 Å². The predicted octanol–water partition coefficient (Wildman–Crippen LogP) is 2.29. The Morgan fingerprint density at radius 1 is 1.22 bits per heavy atom. The highest BCUT2D eigenvalue weighted by Crippen LogP contribution is 2.22. The zero-order valence-electron chi connectivity index (χ0n) is 12.8. The van der Waals surface area contributed by atoms with Gasteiger partial charge in [-0.15, -0.1) is 0 Å². The molecule has 0 bridgehead atoms. The van der Waals surface area contributed by atoms with E-state index in [1.807, 2.05) is 17.9 Å². The Kier molecular flexibility index (Phi) is 4.61. The van der Waals surface area contributed by atoms with Gasteiger partial charge in [-0.3, -0.25) is 0 Å². The van der Waals surface area contributed by atoms with Gasteiger partial charge in [-0.2, -0.15) is 4.31 Å². The maximum atomic E-state index is 12.6. The maximum absolute atomic E-state index is 12.6. The average Bonchev–Trinajstić information content (AvgIpc) is 2.96. The lowest BCUT2D eigenvalue weighted by atomic mass is 10.2. The number of rotatable bonds is 4. The van der Waals surface area contributed by atoms with E-state index in [0.717, 1.165) is 11.6 Å². The number of halogens is 1. The Morgan fingerprint density at radius 2 is 1.91 bits per heavy atom. The van der Waals surface area contributed by atoms with Crippen LogP contribution in [0.25, 0.3) is 0 Å². The number of aryl methyl sites for hydroxylation is 1. The topological polar surface area (TPSA) is 66.7 Å². The van der Waals surface area contributed by atoms with Crippen molar-refractivity contribution in [2.24, 2.45) is 0 Å². The molecule has 0 radical (unpaired) electrons. The van der Waals surface area contributed by atoms with Gasteiger partial charge in [0.2, 0.25) is 10.0 Å². The van der Waals surface area contributed by atoms with Crippen LogP contribution >= 0.6 is 11.6 Å². The maximum Gasteiger partial charge on any atom is 0.218 e. The number of sulfonamides is 1. The van der Waals surface area contributed by atoms with Crippen LogP contribution in [0.1, 0.15) is 11.3 Å². The van der Waals surface area contributed by atoms with Gasteiger partial charge in [0.1, 0.15) is 5.76 Å². The van der Waals surface area contributed by atoms with Crippen molar-refractivity contribution in [2.75, 3.05) is 31.1 Å². The van der Waals surface area contributed by atoms with Crippen LogP contribution in [-0.4, -0.2) is 44.1 Å². The first-order valence-electron chi connectivity index (χ1n) is 7.35. The molecule has 1 aliphatic rings.